The average molecular weight is 254 g/mol. The van der Waals surface area contributed by atoms with Crippen LogP contribution in [0, 0.1) is 13.8 Å². The van der Waals surface area contributed by atoms with Gasteiger partial charge in [-0.05, 0) is 42.5 Å². The third kappa shape index (κ3) is 3.03. The highest BCUT2D eigenvalue weighted by Gasteiger charge is 2.14. The van der Waals surface area contributed by atoms with E-state index in [1.807, 2.05) is 0 Å². The van der Waals surface area contributed by atoms with Crippen molar-refractivity contribution in [1.82, 2.24) is 5.43 Å². The molecule has 2 rings (SSSR count). The largest absolute Gasteiger partial charge is 0.271 e. The van der Waals surface area contributed by atoms with Crippen LogP contribution in [0.15, 0.2) is 42.5 Å². The van der Waals surface area contributed by atoms with Gasteiger partial charge in [-0.25, -0.2) is 5.43 Å². The second-order valence-corrected chi connectivity index (χ2v) is 5.06. The van der Waals surface area contributed by atoms with Gasteiger partial charge in [0.1, 0.15) is 0 Å². The lowest BCUT2D eigenvalue weighted by Gasteiger charge is -2.20. The summed E-state index contributed by atoms with van der Waals surface area (Å²) in [5, 5.41) is 0. The Morgan fingerprint density at radius 3 is 2.58 bits per heavy atom. The summed E-state index contributed by atoms with van der Waals surface area (Å²) < 4.78 is 0. The van der Waals surface area contributed by atoms with Crippen LogP contribution in [0.25, 0.3) is 0 Å². The Morgan fingerprint density at radius 1 is 1.11 bits per heavy atom. The number of aryl methyl sites for hydroxylation is 3. The molecule has 0 saturated carbocycles. The first kappa shape index (κ1) is 13.8. The first-order chi connectivity index (χ1) is 9.15. The van der Waals surface area contributed by atoms with Crippen molar-refractivity contribution in [2.75, 3.05) is 0 Å². The topological polar surface area (TPSA) is 38.0 Å². The molecule has 3 N–H and O–H groups in total. The smallest absolute Gasteiger partial charge is 0.0712 e. The van der Waals surface area contributed by atoms with Crippen LogP contribution in [0.3, 0.4) is 0 Å². The zero-order chi connectivity index (χ0) is 13.8. The van der Waals surface area contributed by atoms with E-state index in [9.17, 15) is 0 Å². The summed E-state index contributed by atoms with van der Waals surface area (Å²) in [4.78, 5) is 0. The predicted molar refractivity (Wildman–Crippen MR) is 80.9 cm³/mol. The number of hydrazine groups is 1. The van der Waals surface area contributed by atoms with Crippen molar-refractivity contribution in [1.29, 1.82) is 0 Å². The molecule has 0 aliphatic heterocycles. The van der Waals surface area contributed by atoms with Crippen molar-refractivity contribution in [3.63, 3.8) is 0 Å². The van der Waals surface area contributed by atoms with E-state index < -0.39 is 0 Å². The van der Waals surface area contributed by atoms with Crippen molar-refractivity contribution < 1.29 is 0 Å². The molecule has 0 aromatic heterocycles. The fourth-order valence-electron chi connectivity index (χ4n) is 2.43. The molecule has 2 aromatic rings. The highest BCUT2D eigenvalue weighted by molar-refractivity contribution is 5.40. The maximum Gasteiger partial charge on any atom is 0.0712 e. The molecule has 0 aliphatic carbocycles. The van der Waals surface area contributed by atoms with Gasteiger partial charge in [-0.3, -0.25) is 5.84 Å². The number of benzene rings is 2. The molecule has 2 heteroatoms. The molecule has 1 atom stereocenters. The van der Waals surface area contributed by atoms with E-state index in [2.05, 4.69) is 68.7 Å². The lowest BCUT2D eigenvalue weighted by molar-refractivity contribution is 0.632. The Kier molecular flexibility index (Phi) is 4.35. The summed E-state index contributed by atoms with van der Waals surface area (Å²) >= 11 is 0. The van der Waals surface area contributed by atoms with E-state index >= 15 is 0 Å². The molecule has 2 nitrogen and oxygen atoms in total. The van der Waals surface area contributed by atoms with Gasteiger partial charge in [-0.2, -0.15) is 0 Å². The molecule has 1 unspecified atom stereocenters. The average Bonchev–Trinajstić information content (AvgIpc) is 2.44. The SMILES string of the molecule is CCc1cccc(C(NN)c2cc(C)ccc2C)c1. The van der Waals surface area contributed by atoms with E-state index in [0.29, 0.717) is 0 Å². The van der Waals surface area contributed by atoms with Gasteiger partial charge in [-0.1, -0.05) is 55.0 Å². The molecule has 19 heavy (non-hydrogen) atoms. The monoisotopic (exact) mass is 254 g/mol. The second-order valence-electron chi connectivity index (χ2n) is 5.06. The Balaban J connectivity index is 2.46. The van der Waals surface area contributed by atoms with E-state index in [0.717, 1.165) is 6.42 Å². The molecule has 0 saturated heterocycles. The quantitative estimate of drug-likeness (QED) is 0.648. The first-order valence-corrected chi connectivity index (χ1v) is 6.77. The lowest BCUT2D eigenvalue weighted by Crippen LogP contribution is -2.29. The highest BCUT2D eigenvalue weighted by atomic mass is 15.2. The zero-order valence-electron chi connectivity index (χ0n) is 11.9. The van der Waals surface area contributed by atoms with E-state index in [4.69, 9.17) is 5.84 Å². The van der Waals surface area contributed by atoms with Crippen LogP contribution in [-0.2, 0) is 6.42 Å². The second kappa shape index (κ2) is 6.00. The van der Waals surface area contributed by atoms with Crippen molar-refractivity contribution in [3.05, 3.63) is 70.3 Å². The molecule has 2 aromatic carbocycles. The van der Waals surface area contributed by atoms with Crippen LogP contribution in [0.5, 0.6) is 0 Å². The van der Waals surface area contributed by atoms with Crippen LogP contribution >= 0.6 is 0 Å². The number of rotatable bonds is 4. The number of nitrogens with one attached hydrogen (secondary N) is 1. The van der Waals surface area contributed by atoms with Gasteiger partial charge in [0.05, 0.1) is 6.04 Å². The minimum absolute atomic E-state index is 0.0476. The summed E-state index contributed by atoms with van der Waals surface area (Å²) in [5.74, 6) is 5.80. The van der Waals surface area contributed by atoms with Crippen LogP contribution in [0.4, 0.5) is 0 Å². The summed E-state index contributed by atoms with van der Waals surface area (Å²) in [6.45, 7) is 6.41. The van der Waals surface area contributed by atoms with Gasteiger partial charge < -0.3 is 0 Å². The van der Waals surface area contributed by atoms with Gasteiger partial charge in [-0.15, -0.1) is 0 Å². The van der Waals surface area contributed by atoms with E-state index in [1.165, 1.54) is 27.8 Å². The molecule has 100 valence electrons. The summed E-state index contributed by atoms with van der Waals surface area (Å²) in [5.41, 5.74) is 9.27. The maximum atomic E-state index is 5.80. The molecule has 0 aliphatic rings. The number of nitrogens with two attached hydrogens (primary N) is 1. The minimum Gasteiger partial charge on any atom is -0.271 e. The van der Waals surface area contributed by atoms with Gasteiger partial charge in [0.2, 0.25) is 0 Å². The third-order valence-corrected chi connectivity index (χ3v) is 3.61. The Hall–Kier alpha value is -1.64. The van der Waals surface area contributed by atoms with Gasteiger partial charge in [0, 0.05) is 0 Å². The zero-order valence-corrected chi connectivity index (χ0v) is 11.9. The first-order valence-electron chi connectivity index (χ1n) is 6.77. The van der Waals surface area contributed by atoms with Crippen LogP contribution in [0.1, 0.15) is 40.8 Å². The van der Waals surface area contributed by atoms with Crippen LogP contribution < -0.4 is 11.3 Å². The predicted octanol–water partition coefficient (Wildman–Crippen LogP) is 3.42. The standard InChI is InChI=1S/C17H22N2/c1-4-14-6-5-7-15(11-14)17(19-18)16-10-12(2)8-9-13(16)3/h5-11,17,19H,4,18H2,1-3H3. The van der Waals surface area contributed by atoms with Gasteiger partial charge >= 0.3 is 0 Å². The Bertz CT molecular complexity index is 561. The number of hydrogen-bond donors (Lipinski definition) is 2. The molecule has 0 radical (unpaired) electrons. The molecule has 0 spiro atoms. The molecule has 0 heterocycles. The maximum absolute atomic E-state index is 5.80. The van der Waals surface area contributed by atoms with Crippen molar-refractivity contribution in [2.45, 2.75) is 33.2 Å². The van der Waals surface area contributed by atoms with Crippen molar-refractivity contribution >= 4 is 0 Å². The minimum atomic E-state index is 0.0476. The summed E-state index contributed by atoms with van der Waals surface area (Å²) in [7, 11) is 0. The van der Waals surface area contributed by atoms with Gasteiger partial charge in [0.25, 0.3) is 0 Å². The fraction of sp³-hybridized carbons (Fsp3) is 0.294. The Morgan fingerprint density at radius 2 is 1.89 bits per heavy atom. The number of hydrogen-bond acceptors (Lipinski definition) is 2. The summed E-state index contributed by atoms with van der Waals surface area (Å²) in [6, 6.07) is 15.2. The van der Waals surface area contributed by atoms with E-state index in [-0.39, 0.29) is 6.04 Å². The molecule has 0 bridgehead atoms. The van der Waals surface area contributed by atoms with Gasteiger partial charge in [0.15, 0.2) is 0 Å². The van der Waals surface area contributed by atoms with Crippen LogP contribution in [0.2, 0.25) is 0 Å². The fourth-order valence-corrected chi connectivity index (χ4v) is 2.43. The van der Waals surface area contributed by atoms with Crippen molar-refractivity contribution in [3.8, 4) is 0 Å². The normalized spacial score (nSPS) is 12.4. The third-order valence-electron chi connectivity index (χ3n) is 3.61. The Labute approximate surface area is 115 Å². The molecular formula is C17H22N2. The highest BCUT2D eigenvalue weighted by Crippen LogP contribution is 2.26. The lowest BCUT2D eigenvalue weighted by atomic mass is 9.93. The molecule has 0 amide bonds. The van der Waals surface area contributed by atoms with E-state index in [1.54, 1.807) is 0 Å². The molecular weight excluding hydrogens is 232 g/mol. The molecule has 0 fully saturated rings. The summed E-state index contributed by atoms with van der Waals surface area (Å²) in [6.07, 6.45) is 1.04. The van der Waals surface area contributed by atoms with Crippen molar-refractivity contribution in [2.24, 2.45) is 5.84 Å². The van der Waals surface area contributed by atoms with Crippen LogP contribution in [-0.4, -0.2) is 0 Å².